The summed E-state index contributed by atoms with van der Waals surface area (Å²) in [7, 11) is -1.48. The van der Waals surface area contributed by atoms with E-state index in [1.807, 2.05) is 24.3 Å². The summed E-state index contributed by atoms with van der Waals surface area (Å²) in [6.07, 6.45) is 1.93. The third kappa shape index (κ3) is 6.41. The fraction of sp³-hybridized carbons (Fsp3) is 0.263. The highest BCUT2D eigenvalue weighted by atomic mass is 32.2. The van der Waals surface area contributed by atoms with Gasteiger partial charge in [-0.1, -0.05) is 24.3 Å². The smallest absolute Gasteiger partial charge is 0.248 e. The first kappa shape index (κ1) is 20.4. The van der Waals surface area contributed by atoms with E-state index in [1.165, 1.54) is 6.26 Å². The van der Waals surface area contributed by atoms with E-state index in [-0.39, 0.29) is 0 Å². The number of hydrogen-bond acceptors (Lipinski definition) is 4. The molecule has 0 saturated heterocycles. The number of hydrogen-bond donors (Lipinski definition) is 3. The number of carbonyl (C=O) groups is 1. The van der Waals surface area contributed by atoms with Gasteiger partial charge >= 0.3 is 0 Å². The summed E-state index contributed by atoms with van der Waals surface area (Å²) >= 11 is 0. The standard InChI is InChI=1S/C19H24N4O3S/c1-21-19(23-13-15-3-7-16(8-4-15)18(20)24)22-12-11-14-5-9-17(10-6-14)27(2,25)26/h3-10H,11-13H2,1-2H3,(H2,20,24)(H2,21,22,23). The Balaban J connectivity index is 1.81. The molecule has 0 unspecified atom stereocenters. The van der Waals surface area contributed by atoms with Crippen LogP contribution in [-0.4, -0.2) is 40.1 Å². The fourth-order valence-electron chi connectivity index (χ4n) is 2.42. The second-order valence-electron chi connectivity index (χ2n) is 6.08. The molecule has 8 heteroatoms. The second-order valence-corrected chi connectivity index (χ2v) is 8.10. The van der Waals surface area contributed by atoms with Crippen LogP contribution in [-0.2, 0) is 22.8 Å². The maximum absolute atomic E-state index is 11.5. The summed E-state index contributed by atoms with van der Waals surface area (Å²) in [5.74, 6) is 0.207. The minimum atomic E-state index is -3.17. The van der Waals surface area contributed by atoms with E-state index in [0.717, 1.165) is 17.5 Å². The van der Waals surface area contributed by atoms with Crippen LogP contribution in [0.25, 0.3) is 0 Å². The highest BCUT2D eigenvalue weighted by Gasteiger charge is 2.06. The van der Waals surface area contributed by atoms with Crippen molar-refractivity contribution in [3.05, 3.63) is 65.2 Å². The molecule has 1 amide bonds. The minimum Gasteiger partial charge on any atom is -0.366 e. The normalized spacial score (nSPS) is 11.9. The van der Waals surface area contributed by atoms with Crippen LogP contribution in [0, 0.1) is 0 Å². The van der Waals surface area contributed by atoms with E-state index in [1.54, 1.807) is 31.3 Å². The number of nitrogens with one attached hydrogen (secondary N) is 2. The van der Waals surface area contributed by atoms with Crippen molar-refractivity contribution < 1.29 is 13.2 Å². The molecule has 0 aliphatic rings. The van der Waals surface area contributed by atoms with Crippen LogP contribution in [0.5, 0.6) is 0 Å². The molecule has 0 saturated carbocycles. The summed E-state index contributed by atoms with van der Waals surface area (Å²) in [4.78, 5) is 15.6. The molecule has 0 aliphatic heterocycles. The Morgan fingerprint density at radius 3 is 2.11 bits per heavy atom. The number of sulfone groups is 1. The van der Waals surface area contributed by atoms with Crippen molar-refractivity contribution in [1.29, 1.82) is 0 Å². The van der Waals surface area contributed by atoms with E-state index in [9.17, 15) is 13.2 Å². The van der Waals surface area contributed by atoms with Gasteiger partial charge in [0.25, 0.3) is 0 Å². The number of nitrogens with two attached hydrogens (primary N) is 1. The number of carbonyl (C=O) groups excluding carboxylic acids is 1. The molecular formula is C19H24N4O3S. The molecule has 0 radical (unpaired) electrons. The predicted molar refractivity (Wildman–Crippen MR) is 106 cm³/mol. The van der Waals surface area contributed by atoms with Crippen molar-refractivity contribution in [2.45, 2.75) is 17.9 Å². The summed E-state index contributed by atoms with van der Waals surface area (Å²) < 4.78 is 22.9. The van der Waals surface area contributed by atoms with Crippen LogP contribution in [0.4, 0.5) is 0 Å². The SMILES string of the molecule is CN=C(NCCc1ccc(S(C)(=O)=O)cc1)NCc1ccc(C(N)=O)cc1. The number of guanidine groups is 1. The highest BCUT2D eigenvalue weighted by Crippen LogP contribution is 2.10. The number of rotatable bonds is 7. The molecule has 0 fully saturated rings. The predicted octanol–water partition coefficient (Wildman–Crippen LogP) is 1.10. The minimum absolute atomic E-state index is 0.319. The van der Waals surface area contributed by atoms with Gasteiger partial charge in [0.1, 0.15) is 0 Å². The molecule has 2 aromatic rings. The Labute approximate surface area is 159 Å². The summed E-state index contributed by atoms with van der Waals surface area (Å²) in [5, 5.41) is 6.40. The van der Waals surface area contributed by atoms with Crippen LogP contribution in [0.3, 0.4) is 0 Å². The summed E-state index contributed by atoms with van der Waals surface area (Å²) in [5.41, 5.74) is 7.74. The second kappa shape index (κ2) is 9.18. The van der Waals surface area contributed by atoms with Crippen LogP contribution >= 0.6 is 0 Å². The Kier molecular flexibility index (Phi) is 6.95. The lowest BCUT2D eigenvalue weighted by molar-refractivity contribution is 0.100. The van der Waals surface area contributed by atoms with Crippen molar-refractivity contribution in [3.8, 4) is 0 Å². The van der Waals surface area contributed by atoms with Gasteiger partial charge in [-0.15, -0.1) is 0 Å². The molecule has 7 nitrogen and oxygen atoms in total. The zero-order valence-electron chi connectivity index (χ0n) is 15.4. The number of nitrogens with zero attached hydrogens (tertiary/aromatic N) is 1. The first-order valence-corrected chi connectivity index (χ1v) is 10.3. The van der Waals surface area contributed by atoms with Gasteiger partial charge in [-0.05, 0) is 41.8 Å². The fourth-order valence-corrected chi connectivity index (χ4v) is 3.05. The molecule has 0 heterocycles. The van der Waals surface area contributed by atoms with Crippen LogP contribution in [0.1, 0.15) is 21.5 Å². The molecule has 0 bridgehead atoms. The van der Waals surface area contributed by atoms with E-state index in [4.69, 9.17) is 5.73 Å². The van der Waals surface area contributed by atoms with Crippen molar-refractivity contribution in [1.82, 2.24) is 10.6 Å². The lowest BCUT2D eigenvalue weighted by Crippen LogP contribution is -2.37. The monoisotopic (exact) mass is 388 g/mol. The van der Waals surface area contributed by atoms with Gasteiger partial charge in [0, 0.05) is 32.0 Å². The average molecular weight is 388 g/mol. The van der Waals surface area contributed by atoms with Gasteiger partial charge in [0.2, 0.25) is 5.91 Å². The van der Waals surface area contributed by atoms with E-state index in [0.29, 0.717) is 29.5 Å². The van der Waals surface area contributed by atoms with Crippen molar-refractivity contribution in [3.63, 3.8) is 0 Å². The van der Waals surface area contributed by atoms with E-state index < -0.39 is 15.7 Å². The summed E-state index contributed by atoms with van der Waals surface area (Å²) in [6, 6.07) is 13.9. The lowest BCUT2D eigenvalue weighted by atomic mass is 10.1. The molecule has 0 atom stereocenters. The zero-order chi connectivity index (χ0) is 19.9. The van der Waals surface area contributed by atoms with Gasteiger partial charge in [-0.25, -0.2) is 8.42 Å². The third-order valence-electron chi connectivity index (χ3n) is 3.98. The average Bonchev–Trinajstić information content (AvgIpc) is 2.64. The molecule has 144 valence electrons. The van der Waals surface area contributed by atoms with Gasteiger partial charge in [0.15, 0.2) is 15.8 Å². The molecule has 0 aliphatic carbocycles. The first-order valence-electron chi connectivity index (χ1n) is 8.42. The third-order valence-corrected chi connectivity index (χ3v) is 5.11. The summed E-state index contributed by atoms with van der Waals surface area (Å²) in [6.45, 7) is 1.21. The Hall–Kier alpha value is -2.87. The Bertz CT molecular complexity index is 905. The number of primary amides is 1. The van der Waals surface area contributed by atoms with Gasteiger partial charge < -0.3 is 16.4 Å². The van der Waals surface area contributed by atoms with Crippen LogP contribution in [0.2, 0.25) is 0 Å². The Morgan fingerprint density at radius 1 is 1.00 bits per heavy atom. The molecule has 0 spiro atoms. The van der Waals surface area contributed by atoms with Gasteiger partial charge in [-0.2, -0.15) is 0 Å². The lowest BCUT2D eigenvalue weighted by Gasteiger charge is -2.12. The number of aliphatic imine (C=N–C) groups is 1. The van der Waals surface area contributed by atoms with Gasteiger partial charge in [-0.3, -0.25) is 9.79 Å². The first-order chi connectivity index (χ1) is 12.8. The van der Waals surface area contributed by atoms with Gasteiger partial charge in [0.05, 0.1) is 4.90 Å². The number of benzene rings is 2. The maximum Gasteiger partial charge on any atom is 0.248 e. The quantitative estimate of drug-likeness (QED) is 0.485. The van der Waals surface area contributed by atoms with Crippen molar-refractivity contribution in [2.75, 3.05) is 19.8 Å². The zero-order valence-corrected chi connectivity index (χ0v) is 16.2. The molecule has 0 aromatic heterocycles. The molecule has 2 rings (SSSR count). The maximum atomic E-state index is 11.5. The largest absolute Gasteiger partial charge is 0.366 e. The van der Waals surface area contributed by atoms with Crippen LogP contribution < -0.4 is 16.4 Å². The van der Waals surface area contributed by atoms with Crippen molar-refractivity contribution >= 4 is 21.7 Å². The van der Waals surface area contributed by atoms with Crippen molar-refractivity contribution in [2.24, 2.45) is 10.7 Å². The number of amides is 1. The molecule has 4 N–H and O–H groups in total. The van der Waals surface area contributed by atoms with E-state index >= 15 is 0 Å². The molecule has 2 aromatic carbocycles. The Morgan fingerprint density at radius 2 is 1.59 bits per heavy atom. The van der Waals surface area contributed by atoms with Crippen LogP contribution in [0.15, 0.2) is 58.4 Å². The molecular weight excluding hydrogens is 364 g/mol. The molecule has 27 heavy (non-hydrogen) atoms. The van der Waals surface area contributed by atoms with E-state index in [2.05, 4.69) is 15.6 Å². The highest BCUT2D eigenvalue weighted by molar-refractivity contribution is 7.90. The topological polar surface area (TPSA) is 114 Å².